The number of rotatable bonds is 6. The molecule has 1 atom stereocenters. The van der Waals surface area contributed by atoms with E-state index in [4.69, 9.17) is 4.42 Å². The molecule has 10 heteroatoms. The Labute approximate surface area is 192 Å². The first-order valence-electron chi connectivity index (χ1n) is 10.6. The minimum Gasteiger partial charge on any atom is -0.459 e. The van der Waals surface area contributed by atoms with Gasteiger partial charge in [-0.25, -0.2) is 8.42 Å². The van der Waals surface area contributed by atoms with Crippen molar-refractivity contribution in [1.29, 1.82) is 0 Å². The molecule has 0 aliphatic carbocycles. The number of carbonyl (C=O) groups is 2. The average Bonchev–Trinajstić information content (AvgIpc) is 3.50. The number of aryl methyl sites for hydroxylation is 1. The minimum atomic E-state index is -3.02. The van der Waals surface area contributed by atoms with Gasteiger partial charge in [-0.3, -0.25) is 14.3 Å². The number of anilines is 1. The van der Waals surface area contributed by atoms with Crippen LogP contribution in [0.4, 0.5) is 5.69 Å². The Morgan fingerprint density at radius 2 is 1.94 bits per heavy atom. The Balaban J connectivity index is 1.43. The quantitative estimate of drug-likeness (QED) is 0.592. The van der Waals surface area contributed by atoms with Crippen LogP contribution in [0.25, 0.3) is 0 Å². The maximum atomic E-state index is 13.0. The molecule has 1 aliphatic heterocycles. The number of hydrogen-bond acceptors (Lipinski definition) is 6. The highest BCUT2D eigenvalue weighted by Gasteiger charge is 2.31. The van der Waals surface area contributed by atoms with E-state index in [1.807, 2.05) is 13.8 Å². The van der Waals surface area contributed by atoms with Gasteiger partial charge in [-0.1, -0.05) is 0 Å². The Morgan fingerprint density at radius 3 is 2.55 bits per heavy atom. The van der Waals surface area contributed by atoms with Crippen molar-refractivity contribution in [2.75, 3.05) is 23.9 Å². The number of aromatic nitrogens is 2. The predicted octanol–water partition coefficient (Wildman–Crippen LogP) is 2.98. The van der Waals surface area contributed by atoms with E-state index < -0.39 is 9.84 Å². The number of nitrogens with one attached hydrogen (secondary N) is 1. The summed E-state index contributed by atoms with van der Waals surface area (Å²) in [6.45, 7) is 4.14. The molecule has 1 aromatic carbocycles. The van der Waals surface area contributed by atoms with Crippen LogP contribution in [-0.4, -0.2) is 53.5 Å². The molecule has 1 saturated heterocycles. The molecule has 0 bridgehead atoms. The van der Waals surface area contributed by atoms with Crippen LogP contribution >= 0.6 is 0 Å². The van der Waals surface area contributed by atoms with Gasteiger partial charge in [-0.15, -0.1) is 0 Å². The number of furan rings is 1. The van der Waals surface area contributed by atoms with Gasteiger partial charge in [0.05, 0.1) is 29.5 Å². The summed E-state index contributed by atoms with van der Waals surface area (Å²) in [5, 5.41) is 7.29. The van der Waals surface area contributed by atoms with Crippen LogP contribution in [0.3, 0.4) is 0 Å². The fourth-order valence-electron chi connectivity index (χ4n) is 4.08. The van der Waals surface area contributed by atoms with Crippen LogP contribution in [0, 0.1) is 13.8 Å². The Morgan fingerprint density at radius 1 is 1.21 bits per heavy atom. The molecule has 0 radical (unpaired) electrons. The minimum absolute atomic E-state index is 0.103. The van der Waals surface area contributed by atoms with Crippen LogP contribution in [-0.2, 0) is 16.4 Å². The molecule has 3 aromatic rings. The van der Waals surface area contributed by atoms with Crippen molar-refractivity contribution < 1.29 is 22.4 Å². The van der Waals surface area contributed by atoms with E-state index in [1.165, 1.54) is 6.26 Å². The zero-order chi connectivity index (χ0) is 23.8. The van der Waals surface area contributed by atoms with Gasteiger partial charge < -0.3 is 14.6 Å². The molecular weight excluding hydrogens is 444 g/mol. The molecule has 9 nitrogen and oxygen atoms in total. The summed E-state index contributed by atoms with van der Waals surface area (Å²) >= 11 is 0. The molecule has 174 valence electrons. The summed E-state index contributed by atoms with van der Waals surface area (Å²) in [6.07, 6.45) is 1.98. The lowest BCUT2D eigenvalue weighted by molar-refractivity contribution is 0.0784. The third-order valence-corrected chi connectivity index (χ3v) is 7.66. The number of carbonyl (C=O) groups excluding carboxylic acids is 2. The highest BCUT2D eigenvalue weighted by molar-refractivity contribution is 7.91. The molecule has 33 heavy (non-hydrogen) atoms. The third kappa shape index (κ3) is 4.85. The van der Waals surface area contributed by atoms with E-state index in [1.54, 1.807) is 53.0 Å². The maximum absolute atomic E-state index is 13.0. The van der Waals surface area contributed by atoms with E-state index in [0.29, 0.717) is 24.2 Å². The first-order chi connectivity index (χ1) is 15.6. The van der Waals surface area contributed by atoms with Gasteiger partial charge in [0.25, 0.3) is 11.8 Å². The molecule has 0 saturated carbocycles. The second kappa shape index (κ2) is 8.86. The number of hydrogen-bond donors (Lipinski definition) is 1. The second-order valence-corrected chi connectivity index (χ2v) is 10.5. The highest BCUT2D eigenvalue weighted by Crippen LogP contribution is 2.27. The van der Waals surface area contributed by atoms with Crippen LogP contribution in [0.5, 0.6) is 0 Å². The van der Waals surface area contributed by atoms with Crippen molar-refractivity contribution in [3.63, 3.8) is 0 Å². The largest absolute Gasteiger partial charge is 0.459 e. The lowest BCUT2D eigenvalue weighted by atomic mass is 10.1. The smallest absolute Gasteiger partial charge is 0.291 e. The van der Waals surface area contributed by atoms with Crippen molar-refractivity contribution in [2.24, 2.45) is 0 Å². The molecule has 1 unspecified atom stereocenters. The molecule has 3 heterocycles. The van der Waals surface area contributed by atoms with Gasteiger partial charge >= 0.3 is 0 Å². The summed E-state index contributed by atoms with van der Waals surface area (Å²) in [6, 6.07) is 9.68. The molecular formula is C23H26N4O5S. The Bertz CT molecular complexity index is 1280. The molecule has 1 fully saturated rings. The maximum Gasteiger partial charge on any atom is 0.291 e. The van der Waals surface area contributed by atoms with E-state index in [2.05, 4.69) is 10.4 Å². The first kappa shape index (κ1) is 22.8. The molecule has 1 aliphatic rings. The second-order valence-electron chi connectivity index (χ2n) is 8.32. The Hall–Kier alpha value is -3.40. The molecule has 2 amide bonds. The predicted molar refractivity (Wildman–Crippen MR) is 123 cm³/mol. The lowest BCUT2D eigenvalue weighted by Crippen LogP contribution is -2.26. The van der Waals surface area contributed by atoms with E-state index >= 15 is 0 Å². The number of nitrogens with zero attached hydrogens (tertiary/aromatic N) is 3. The summed E-state index contributed by atoms with van der Waals surface area (Å²) in [5.74, 6) is -0.0484. The number of sulfone groups is 1. The molecule has 4 rings (SSSR count). The van der Waals surface area contributed by atoms with Crippen LogP contribution in [0.2, 0.25) is 0 Å². The molecule has 0 spiro atoms. The third-order valence-electron chi connectivity index (χ3n) is 5.91. The normalized spacial score (nSPS) is 17.1. The Kier molecular flexibility index (Phi) is 6.11. The standard InChI is InChI=1S/C23H26N4O5S/c1-15-20(16(2)27(25-15)19-10-12-33(30,31)14-19)13-26(3)23(29)17-6-8-18(9-7-17)24-22(28)21-5-4-11-32-21/h4-9,11,19H,10,12-14H2,1-3H3,(H,24,28). The van der Waals surface area contributed by atoms with Crippen molar-refractivity contribution >= 4 is 27.3 Å². The molecule has 1 N–H and O–H groups in total. The van der Waals surface area contributed by atoms with Crippen LogP contribution in [0.1, 0.15) is 50.3 Å². The fourth-order valence-corrected chi connectivity index (χ4v) is 5.77. The zero-order valence-electron chi connectivity index (χ0n) is 18.7. The van der Waals surface area contributed by atoms with Gasteiger partial charge in [0.15, 0.2) is 15.6 Å². The van der Waals surface area contributed by atoms with Gasteiger partial charge in [-0.05, 0) is 56.7 Å². The van der Waals surface area contributed by atoms with Gasteiger partial charge in [0, 0.05) is 36.1 Å². The number of amides is 2. The summed E-state index contributed by atoms with van der Waals surface area (Å²) < 4.78 is 30.6. The molecule has 2 aromatic heterocycles. The average molecular weight is 471 g/mol. The van der Waals surface area contributed by atoms with Gasteiger partial charge in [-0.2, -0.15) is 5.10 Å². The van der Waals surface area contributed by atoms with Crippen molar-refractivity contribution in [3.05, 3.63) is 70.9 Å². The van der Waals surface area contributed by atoms with Crippen LogP contribution < -0.4 is 5.32 Å². The summed E-state index contributed by atoms with van der Waals surface area (Å²) in [7, 11) is -1.30. The van der Waals surface area contributed by atoms with E-state index in [9.17, 15) is 18.0 Å². The van der Waals surface area contributed by atoms with Crippen molar-refractivity contribution in [2.45, 2.75) is 32.9 Å². The summed E-state index contributed by atoms with van der Waals surface area (Å²) in [4.78, 5) is 26.6. The van der Waals surface area contributed by atoms with Gasteiger partial charge in [0.2, 0.25) is 0 Å². The van der Waals surface area contributed by atoms with Crippen molar-refractivity contribution in [3.8, 4) is 0 Å². The first-order valence-corrected chi connectivity index (χ1v) is 12.4. The lowest BCUT2D eigenvalue weighted by Gasteiger charge is -2.18. The number of benzene rings is 1. The summed E-state index contributed by atoms with van der Waals surface area (Å²) in [5.41, 5.74) is 3.61. The fraction of sp³-hybridized carbons (Fsp3) is 0.348. The monoisotopic (exact) mass is 470 g/mol. The SMILES string of the molecule is Cc1nn(C2CCS(=O)(=O)C2)c(C)c1CN(C)C(=O)c1ccc(NC(=O)c2ccco2)cc1. The van der Waals surface area contributed by atoms with E-state index in [-0.39, 0.29) is 35.1 Å². The topological polar surface area (TPSA) is 115 Å². The van der Waals surface area contributed by atoms with E-state index in [0.717, 1.165) is 17.0 Å². The van der Waals surface area contributed by atoms with Gasteiger partial charge in [0.1, 0.15) is 0 Å². The highest BCUT2D eigenvalue weighted by atomic mass is 32.2. The van der Waals surface area contributed by atoms with Crippen molar-refractivity contribution in [1.82, 2.24) is 14.7 Å². The van der Waals surface area contributed by atoms with Crippen LogP contribution in [0.15, 0.2) is 47.1 Å². The zero-order valence-corrected chi connectivity index (χ0v) is 19.6.